The van der Waals surface area contributed by atoms with E-state index in [1.807, 2.05) is 62.0 Å². The summed E-state index contributed by atoms with van der Waals surface area (Å²) in [5, 5.41) is 17.4. The number of carbonyl (C=O) groups is 1. The van der Waals surface area contributed by atoms with E-state index in [4.69, 9.17) is 0 Å². The van der Waals surface area contributed by atoms with Gasteiger partial charge < -0.3 is 10.6 Å². The van der Waals surface area contributed by atoms with E-state index < -0.39 is 0 Å². The predicted molar refractivity (Wildman–Crippen MR) is 96.7 cm³/mol. The number of amides is 1. The fourth-order valence-electron chi connectivity index (χ4n) is 2.75. The summed E-state index contributed by atoms with van der Waals surface area (Å²) in [4.78, 5) is 12.2. The lowest BCUT2D eigenvalue weighted by atomic mass is 10.1. The smallest absolute Gasteiger partial charge is 0.238 e. The summed E-state index contributed by atoms with van der Waals surface area (Å²) in [6.07, 6.45) is 3.65. The van der Waals surface area contributed by atoms with Crippen LogP contribution < -0.4 is 10.6 Å². The molecule has 3 N–H and O–H groups in total. The molecule has 0 bridgehead atoms. The number of hydrogen-bond acceptors (Lipinski definition) is 4. The van der Waals surface area contributed by atoms with Crippen LogP contribution in [0.15, 0.2) is 42.7 Å². The molecule has 3 aromatic rings. The van der Waals surface area contributed by atoms with Crippen LogP contribution in [0.5, 0.6) is 0 Å². The van der Waals surface area contributed by atoms with E-state index in [2.05, 4.69) is 25.9 Å². The highest BCUT2D eigenvalue weighted by Gasteiger charge is 2.14. The number of para-hydroxylation sites is 1. The summed E-state index contributed by atoms with van der Waals surface area (Å²) in [5.41, 5.74) is 4.45. The third-order valence-electron chi connectivity index (χ3n) is 4.12. The van der Waals surface area contributed by atoms with Crippen LogP contribution in [0.1, 0.15) is 29.9 Å². The van der Waals surface area contributed by atoms with Crippen molar-refractivity contribution in [2.75, 3.05) is 11.9 Å². The Morgan fingerprint density at radius 3 is 2.76 bits per heavy atom. The Morgan fingerprint density at radius 2 is 2.08 bits per heavy atom. The van der Waals surface area contributed by atoms with Crippen molar-refractivity contribution in [3.05, 3.63) is 59.7 Å². The van der Waals surface area contributed by atoms with Gasteiger partial charge in [-0.05, 0) is 38.5 Å². The Kier molecular flexibility index (Phi) is 4.95. The number of rotatable bonds is 6. The zero-order valence-electron chi connectivity index (χ0n) is 14.6. The number of H-pyrrole nitrogens is 1. The van der Waals surface area contributed by atoms with Crippen molar-refractivity contribution in [1.82, 2.24) is 25.3 Å². The first-order chi connectivity index (χ1) is 12.1. The van der Waals surface area contributed by atoms with Crippen molar-refractivity contribution < 1.29 is 4.79 Å². The SMILES string of the molecule is Cc1n[nH]c(C)c1NC(=O)CNC(C)c1ccccc1-n1cccn1. The van der Waals surface area contributed by atoms with Gasteiger partial charge in [0.05, 0.1) is 29.3 Å². The van der Waals surface area contributed by atoms with Gasteiger partial charge in [0.2, 0.25) is 5.91 Å². The lowest BCUT2D eigenvalue weighted by Gasteiger charge is -2.18. The van der Waals surface area contributed by atoms with Gasteiger partial charge in [-0.15, -0.1) is 0 Å². The van der Waals surface area contributed by atoms with Gasteiger partial charge in [0, 0.05) is 18.4 Å². The van der Waals surface area contributed by atoms with Gasteiger partial charge in [0.25, 0.3) is 0 Å². The topological polar surface area (TPSA) is 87.6 Å². The zero-order valence-corrected chi connectivity index (χ0v) is 14.6. The molecule has 0 aliphatic rings. The number of anilines is 1. The van der Waals surface area contributed by atoms with Crippen LogP contribution in [0.2, 0.25) is 0 Å². The molecule has 7 heteroatoms. The normalized spacial score (nSPS) is 12.1. The van der Waals surface area contributed by atoms with Crippen LogP contribution in [-0.4, -0.2) is 32.4 Å². The fourth-order valence-corrected chi connectivity index (χ4v) is 2.75. The summed E-state index contributed by atoms with van der Waals surface area (Å²) < 4.78 is 1.83. The van der Waals surface area contributed by atoms with E-state index in [1.54, 1.807) is 6.20 Å². The van der Waals surface area contributed by atoms with E-state index in [9.17, 15) is 4.79 Å². The van der Waals surface area contributed by atoms with Gasteiger partial charge in [-0.25, -0.2) is 4.68 Å². The molecule has 0 aliphatic heterocycles. The summed E-state index contributed by atoms with van der Waals surface area (Å²) in [7, 11) is 0. The number of nitrogens with one attached hydrogen (secondary N) is 3. The van der Waals surface area contributed by atoms with E-state index in [-0.39, 0.29) is 18.5 Å². The highest BCUT2D eigenvalue weighted by atomic mass is 16.1. The van der Waals surface area contributed by atoms with Crippen molar-refractivity contribution in [3.63, 3.8) is 0 Å². The number of aromatic amines is 1. The monoisotopic (exact) mass is 338 g/mol. The first-order valence-electron chi connectivity index (χ1n) is 8.20. The number of benzene rings is 1. The van der Waals surface area contributed by atoms with Gasteiger partial charge in [0.15, 0.2) is 0 Å². The second-order valence-electron chi connectivity index (χ2n) is 5.97. The van der Waals surface area contributed by atoms with Crippen molar-refractivity contribution in [3.8, 4) is 5.69 Å². The quantitative estimate of drug-likeness (QED) is 0.644. The van der Waals surface area contributed by atoms with E-state index in [0.717, 1.165) is 28.3 Å². The maximum atomic E-state index is 12.2. The minimum atomic E-state index is -0.101. The second-order valence-corrected chi connectivity index (χ2v) is 5.97. The molecular weight excluding hydrogens is 316 g/mol. The predicted octanol–water partition coefficient (Wildman–Crippen LogP) is 2.50. The fraction of sp³-hybridized carbons (Fsp3) is 0.278. The van der Waals surface area contributed by atoms with Crippen LogP contribution in [0.25, 0.3) is 5.69 Å². The Labute approximate surface area is 146 Å². The van der Waals surface area contributed by atoms with Crippen molar-refractivity contribution in [2.45, 2.75) is 26.8 Å². The minimum Gasteiger partial charge on any atom is -0.322 e. The van der Waals surface area contributed by atoms with Gasteiger partial charge in [-0.3, -0.25) is 9.89 Å². The van der Waals surface area contributed by atoms with Crippen molar-refractivity contribution >= 4 is 11.6 Å². The van der Waals surface area contributed by atoms with Crippen LogP contribution in [-0.2, 0) is 4.79 Å². The number of aromatic nitrogens is 4. The molecule has 1 aromatic carbocycles. The van der Waals surface area contributed by atoms with Crippen LogP contribution in [0.4, 0.5) is 5.69 Å². The summed E-state index contributed by atoms with van der Waals surface area (Å²) in [5.74, 6) is -0.101. The Hall–Kier alpha value is -2.93. The Bertz CT molecular complexity index is 833. The first-order valence-corrected chi connectivity index (χ1v) is 8.20. The third-order valence-corrected chi connectivity index (χ3v) is 4.12. The molecule has 1 atom stereocenters. The minimum absolute atomic E-state index is 0.00214. The molecule has 0 radical (unpaired) electrons. The molecule has 0 spiro atoms. The van der Waals surface area contributed by atoms with E-state index in [1.165, 1.54) is 0 Å². The first kappa shape index (κ1) is 16.9. The molecular formula is C18H22N6O. The summed E-state index contributed by atoms with van der Waals surface area (Å²) >= 11 is 0. The zero-order chi connectivity index (χ0) is 17.8. The largest absolute Gasteiger partial charge is 0.322 e. The molecule has 0 fully saturated rings. The molecule has 2 heterocycles. The summed E-state index contributed by atoms with van der Waals surface area (Å²) in [6, 6.07) is 9.90. The number of nitrogens with zero attached hydrogens (tertiary/aromatic N) is 3. The maximum absolute atomic E-state index is 12.2. The Morgan fingerprint density at radius 1 is 1.28 bits per heavy atom. The van der Waals surface area contributed by atoms with Crippen molar-refractivity contribution in [1.29, 1.82) is 0 Å². The lowest BCUT2D eigenvalue weighted by molar-refractivity contribution is -0.115. The molecule has 1 unspecified atom stereocenters. The van der Waals surface area contributed by atoms with Crippen LogP contribution in [0.3, 0.4) is 0 Å². The van der Waals surface area contributed by atoms with Crippen LogP contribution in [0, 0.1) is 13.8 Å². The second kappa shape index (κ2) is 7.31. The van der Waals surface area contributed by atoms with E-state index >= 15 is 0 Å². The van der Waals surface area contributed by atoms with Gasteiger partial charge in [-0.2, -0.15) is 10.2 Å². The average Bonchev–Trinajstić information content (AvgIpc) is 3.25. The Balaban J connectivity index is 1.65. The number of hydrogen-bond donors (Lipinski definition) is 3. The lowest BCUT2D eigenvalue weighted by Crippen LogP contribution is -2.30. The molecule has 25 heavy (non-hydrogen) atoms. The molecule has 0 aliphatic carbocycles. The molecule has 0 saturated heterocycles. The standard InChI is InChI=1S/C18H22N6O/c1-12(15-7-4-5-8-16(15)24-10-6-9-20-24)19-11-17(25)21-18-13(2)22-23-14(18)3/h4-10,12,19H,11H2,1-3H3,(H,21,25)(H,22,23). The molecule has 130 valence electrons. The average molecular weight is 338 g/mol. The molecule has 7 nitrogen and oxygen atoms in total. The molecule has 1 amide bonds. The maximum Gasteiger partial charge on any atom is 0.238 e. The van der Waals surface area contributed by atoms with E-state index in [0.29, 0.717) is 0 Å². The molecule has 2 aromatic heterocycles. The van der Waals surface area contributed by atoms with Crippen LogP contribution >= 0.6 is 0 Å². The van der Waals surface area contributed by atoms with Gasteiger partial charge in [0.1, 0.15) is 0 Å². The summed E-state index contributed by atoms with van der Waals surface area (Å²) in [6.45, 7) is 5.98. The van der Waals surface area contributed by atoms with Gasteiger partial charge in [-0.1, -0.05) is 18.2 Å². The highest BCUT2D eigenvalue weighted by molar-refractivity contribution is 5.93. The van der Waals surface area contributed by atoms with Gasteiger partial charge >= 0.3 is 0 Å². The number of carbonyl (C=O) groups excluding carboxylic acids is 1. The third kappa shape index (κ3) is 3.77. The molecule has 3 rings (SSSR count). The highest BCUT2D eigenvalue weighted by Crippen LogP contribution is 2.21. The molecule has 0 saturated carbocycles. The van der Waals surface area contributed by atoms with Crippen molar-refractivity contribution in [2.24, 2.45) is 0 Å². The number of aryl methyl sites for hydroxylation is 2.